The molecule has 3 heterocycles. The second kappa shape index (κ2) is 15.9. The number of nitrogens with zero attached hydrogens (tertiary/aromatic N) is 2. The second-order valence-electron chi connectivity index (χ2n) is 17.4. The van der Waals surface area contributed by atoms with Crippen molar-refractivity contribution in [3.05, 3.63) is 224 Å². The number of thiol groups is 1. The molecule has 2 aromatic heterocycles. The smallest absolute Gasteiger partial charge is 0.0601 e. The van der Waals surface area contributed by atoms with Crippen LogP contribution in [-0.4, -0.2) is 0 Å². The molecule has 0 saturated heterocycles. The Morgan fingerprint density at radius 1 is 0.353 bits per heavy atom. The van der Waals surface area contributed by atoms with Gasteiger partial charge in [0.15, 0.2) is 0 Å². The van der Waals surface area contributed by atoms with Crippen LogP contribution in [0.3, 0.4) is 0 Å². The maximum Gasteiger partial charge on any atom is 0.0601 e. The fourth-order valence-electron chi connectivity index (χ4n) is 10.5. The van der Waals surface area contributed by atoms with Crippen molar-refractivity contribution in [2.24, 2.45) is 0 Å². The highest BCUT2D eigenvalue weighted by atomic mass is 32.2. The molecule has 0 saturated carbocycles. The molecule has 320 valence electrons. The van der Waals surface area contributed by atoms with E-state index in [1.165, 1.54) is 105 Å². The van der Waals surface area contributed by atoms with E-state index in [1.54, 1.807) is 0 Å². The molecular formula is C62H38N2S4. The summed E-state index contributed by atoms with van der Waals surface area (Å²) in [5.74, 6) is 0. The van der Waals surface area contributed by atoms with Crippen LogP contribution >= 0.6 is 47.1 Å². The number of hydrogen-bond acceptors (Lipinski definition) is 6. The third-order valence-corrected chi connectivity index (χ3v) is 17.3. The van der Waals surface area contributed by atoms with Gasteiger partial charge in [0.1, 0.15) is 0 Å². The van der Waals surface area contributed by atoms with E-state index in [1.807, 2.05) is 34.4 Å². The number of thiophene rings is 2. The van der Waals surface area contributed by atoms with Crippen molar-refractivity contribution in [2.75, 3.05) is 9.80 Å². The number of anilines is 6. The molecule has 0 amide bonds. The number of benzene rings is 11. The predicted octanol–water partition coefficient (Wildman–Crippen LogP) is 19.8. The summed E-state index contributed by atoms with van der Waals surface area (Å²) in [4.78, 5) is 8.21. The predicted molar refractivity (Wildman–Crippen MR) is 299 cm³/mol. The number of fused-ring (bicyclic) bond motifs is 10. The third kappa shape index (κ3) is 6.33. The van der Waals surface area contributed by atoms with Gasteiger partial charge in [-0.2, -0.15) is 0 Å². The largest absolute Gasteiger partial charge is 0.309 e. The summed E-state index contributed by atoms with van der Waals surface area (Å²) in [7, 11) is 0. The van der Waals surface area contributed by atoms with Crippen molar-refractivity contribution in [1.82, 2.24) is 0 Å². The number of hydrogen-bond donors (Lipinski definition) is 1. The molecule has 11 aromatic carbocycles. The first kappa shape index (κ1) is 39.8. The fourth-order valence-corrected chi connectivity index (χ4v) is 14.0. The number of rotatable bonds is 6. The van der Waals surface area contributed by atoms with Gasteiger partial charge in [0.2, 0.25) is 0 Å². The molecular weight excluding hydrogens is 901 g/mol. The normalized spacial score (nSPS) is 12.4. The van der Waals surface area contributed by atoms with Gasteiger partial charge < -0.3 is 9.80 Å². The highest BCUT2D eigenvalue weighted by Crippen LogP contribution is 2.54. The van der Waals surface area contributed by atoms with Gasteiger partial charge in [0.25, 0.3) is 0 Å². The molecule has 2 nitrogen and oxygen atoms in total. The summed E-state index contributed by atoms with van der Waals surface area (Å²) in [6.45, 7) is 0. The Bertz CT molecular complexity index is 3930. The van der Waals surface area contributed by atoms with E-state index >= 15 is 0 Å². The second-order valence-corrected chi connectivity index (χ2v) is 21.1. The van der Waals surface area contributed by atoms with Crippen LogP contribution in [0, 0.1) is 0 Å². The summed E-state index contributed by atoms with van der Waals surface area (Å²) in [5.41, 5.74) is 11.5. The van der Waals surface area contributed by atoms with Gasteiger partial charge in [0, 0.05) is 72.1 Å². The molecule has 14 rings (SSSR count). The van der Waals surface area contributed by atoms with E-state index < -0.39 is 0 Å². The van der Waals surface area contributed by atoms with Crippen molar-refractivity contribution >= 4 is 143 Å². The molecule has 0 radical (unpaired) electrons. The van der Waals surface area contributed by atoms with Gasteiger partial charge in [-0.15, -0.1) is 35.3 Å². The maximum atomic E-state index is 5.05. The van der Waals surface area contributed by atoms with Crippen LogP contribution in [0.15, 0.2) is 239 Å². The van der Waals surface area contributed by atoms with E-state index in [2.05, 4.69) is 234 Å². The summed E-state index contributed by atoms with van der Waals surface area (Å²) >= 11 is 10.6. The minimum absolute atomic E-state index is 0.911. The Morgan fingerprint density at radius 2 is 0.868 bits per heavy atom. The van der Waals surface area contributed by atoms with Crippen LogP contribution in [0.1, 0.15) is 0 Å². The average Bonchev–Trinajstić information content (AvgIpc) is 3.96. The molecule has 68 heavy (non-hydrogen) atoms. The molecule has 0 fully saturated rings. The van der Waals surface area contributed by atoms with Crippen molar-refractivity contribution in [3.8, 4) is 22.3 Å². The Balaban J connectivity index is 1.12. The first-order valence-electron chi connectivity index (χ1n) is 22.8. The fraction of sp³-hybridized carbons (Fsp3) is 0. The lowest BCUT2D eigenvalue weighted by Crippen LogP contribution is -2.14. The summed E-state index contributed by atoms with van der Waals surface area (Å²) in [5, 5.41) is 9.95. The van der Waals surface area contributed by atoms with Crippen LogP contribution in [0.5, 0.6) is 0 Å². The Labute approximate surface area is 411 Å². The number of para-hydroxylation sites is 4. The van der Waals surface area contributed by atoms with Gasteiger partial charge in [-0.1, -0.05) is 127 Å². The van der Waals surface area contributed by atoms with Crippen molar-refractivity contribution in [1.29, 1.82) is 0 Å². The molecule has 6 heteroatoms. The van der Waals surface area contributed by atoms with E-state index in [0.29, 0.717) is 0 Å². The van der Waals surface area contributed by atoms with Gasteiger partial charge in [0.05, 0.1) is 17.1 Å². The molecule has 1 aliphatic heterocycles. The first-order chi connectivity index (χ1) is 33.6. The van der Waals surface area contributed by atoms with E-state index in [4.69, 9.17) is 12.6 Å². The van der Waals surface area contributed by atoms with Crippen LogP contribution in [0.2, 0.25) is 0 Å². The Morgan fingerprint density at radius 3 is 1.50 bits per heavy atom. The van der Waals surface area contributed by atoms with Crippen molar-refractivity contribution in [2.45, 2.75) is 14.7 Å². The highest BCUT2D eigenvalue weighted by Gasteiger charge is 2.27. The molecule has 1 aliphatic rings. The average molecular weight is 939 g/mol. The first-order valence-corrected chi connectivity index (χ1v) is 25.7. The van der Waals surface area contributed by atoms with Gasteiger partial charge in [-0.05, 0) is 153 Å². The molecule has 0 bridgehead atoms. The van der Waals surface area contributed by atoms with Gasteiger partial charge in [-0.25, -0.2) is 0 Å². The zero-order valence-electron chi connectivity index (χ0n) is 36.4. The van der Waals surface area contributed by atoms with Crippen LogP contribution in [0.4, 0.5) is 34.1 Å². The Kier molecular flexibility index (Phi) is 9.31. The molecule has 13 aromatic rings. The lowest BCUT2D eigenvalue weighted by Gasteiger charge is -2.33. The van der Waals surface area contributed by atoms with Crippen molar-refractivity contribution in [3.63, 3.8) is 0 Å². The highest BCUT2D eigenvalue weighted by molar-refractivity contribution is 7.99. The monoisotopic (exact) mass is 938 g/mol. The zero-order chi connectivity index (χ0) is 44.9. The van der Waals surface area contributed by atoms with Crippen molar-refractivity contribution < 1.29 is 0 Å². The van der Waals surface area contributed by atoms with E-state index in [9.17, 15) is 0 Å². The third-order valence-electron chi connectivity index (χ3n) is 13.5. The van der Waals surface area contributed by atoms with E-state index in [-0.39, 0.29) is 0 Å². The van der Waals surface area contributed by atoms with Gasteiger partial charge in [-0.3, -0.25) is 0 Å². The molecule has 0 spiro atoms. The summed E-state index contributed by atoms with van der Waals surface area (Å²) in [6, 6.07) is 82.9. The van der Waals surface area contributed by atoms with Crippen LogP contribution in [0.25, 0.3) is 84.1 Å². The molecule has 0 aliphatic carbocycles. The van der Waals surface area contributed by atoms with Crippen LogP contribution in [-0.2, 0) is 0 Å². The van der Waals surface area contributed by atoms with Gasteiger partial charge >= 0.3 is 0 Å². The Hall–Kier alpha value is -7.32. The summed E-state index contributed by atoms with van der Waals surface area (Å²) in [6.07, 6.45) is 0. The molecule has 0 atom stereocenters. The topological polar surface area (TPSA) is 6.48 Å². The SMILES string of the molecule is Sc1ccccc1N(c1ccccc1)c1ccc2c(-c3ccc4sc5ccccc5c4c3)c3cc(N4c5ccccc5Sc5ccccc54)ccc3c(-c3ccc4sc5ccccc5c4c3)c2c1. The van der Waals surface area contributed by atoms with Crippen LogP contribution < -0.4 is 9.80 Å². The van der Waals surface area contributed by atoms with E-state index in [0.717, 1.165) is 27.6 Å². The maximum absolute atomic E-state index is 5.05. The lowest BCUT2D eigenvalue weighted by molar-refractivity contribution is 1.17. The lowest BCUT2D eigenvalue weighted by atomic mass is 9.84. The summed E-state index contributed by atoms with van der Waals surface area (Å²) < 4.78 is 5.19. The molecule has 0 unspecified atom stereocenters. The minimum atomic E-state index is 0.911. The molecule has 0 N–H and O–H groups in total. The standard InChI is InChI=1S/C62H38N2S4/c65-54-21-9-6-18-51(54)63(40-14-2-1-3-15-40)41-28-30-45-49(36-41)61(38-26-32-57-47(34-38)43-16-4-10-22-55(43)66-57)46-31-29-42(64-52-19-7-12-24-59(52)68-60-25-13-8-20-53(60)64)37-50(46)62(45)39-27-33-58-48(35-39)44-17-5-11-23-56(44)67-58/h1-37,65H. The quantitative estimate of drug-likeness (QED) is 0.131. The zero-order valence-corrected chi connectivity index (χ0v) is 39.8. The minimum Gasteiger partial charge on any atom is -0.309 e.